The van der Waals surface area contributed by atoms with Crippen LogP contribution in [-0.2, 0) is 4.79 Å². The zero-order valence-corrected chi connectivity index (χ0v) is 18.4. The van der Waals surface area contributed by atoms with E-state index in [9.17, 15) is 9.59 Å². The largest absolute Gasteiger partial charge is 0.342 e. The highest BCUT2D eigenvalue weighted by Crippen LogP contribution is 2.29. The highest BCUT2D eigenvalue weighted by atomic mass is 35.5. The number of rotatable bonds is 3. The van der Waals surface area contributed by atoms with Crippen LogP contribution >= 0.6 is 11.6 Å². The summed E-state index contributed by atoms with van der Waals surface area (Å²) in [6, 6.07) is 10.7. The van der Waals surface area contributed by atoms with Crippen molar-refractivity contribution in [2.75, 3.05) is 31.5 Å². The molecule has 0 bridgehead atoms. The number of nitrogens with one attached hydrogen (secondary N) is 2. The molecule has 3 aromatic rings. The van der Waals surface area contributed by atoms with E-state index in [1.54, 1.807) is 35.4 Å². The normalized spacial score (nSPS) is 19.5. The maximum Gasteiger partial charge on any atom is 0.321 e. The first-order valence-corrected chi connectivity index (χ1v) is 11.4. The highest BCUT2D eigenvalue weighted by molar-refractivity contribution is 6.30. The number of hydrogen-bond acceptors (Lipinski definition) is 4. The number of H-pyrrole nitrogens is 1. The molecule has 1 atom stereocenters. The maximum atomic E-state index is 13.1. The molecule has 0 spiro atoms. The Morgan fingerprint density at radius 3 is 2.53 bits per heavy atom. The van der Waals surface area contributed by atoms with Gasteiger partial charge in [-0.2, -0.15) is 0 Å². The second-order valence-electron chi connectivity index (χ2n) is 8.46. The summed E-state index contributed by atoms with van der Waals surface area (Å²) in [7, 11) is 0. The van der Waals surface area contributed by atoms with Crippen molar-refractivity contribution in [2.45, 2.75) is 25.2 Å². The van der Waals surface area contributed by atoms with Crippen LogP contribution in [0.3, 0.4) is 0 Å². The van der Waals surface area contributed by atoms with Crippen LogP contribution in [0.15, 0.2) is 42.6 Å². The molecular weight excluding hydrogens is 428 g/mol. The predicted molar refractivity (Wildman–Crippen MR) is 123 cm³/mol. The van der Waals surface area contributed by atoms with E-state index >= 15 is 0 Å². The molecule has 1 unspecified atom stereocenters. The van der Waals surface area contributed by atoms with Crippen molar-refractivity contribution in [1.82, 2.24) is 24.8 Å². The minimum Gasteiger partial charge on any atom is -0.342 e. The molecule has 9 heteroatoms. The lowest BCUT2D eigenvalue weighted by Gasteiger charge is -2.32. The maximum absolute atomic E-state index is 13.1. The van der Waals surface area contributed by atoms with Gasteiger partial charge < -0.3 is 20.1 Å². The smallest absolute Gasteiger partial charge is 0.321 e. The Balaban J connectivity index is 1.13. The van der Waals surface area contributed by atoms with Gasteiger partial charge in [-0.1, -0.05) is 11.6 Å². The number of carbonyl (C=O) groups is 2. The molecule has 0 radical (unpaired) electrons. The van der Waals surface area contributed by atoms with Crippen molar-refractivity contribution in [3.05, 3.63) is 53.4 Å². The number of amides is 3. The van der Waals surface area contributed by atoms with Crippen molar-refractivity contribution in [1.29, 1.82) is 0 Å². The molecule has 2 saturated heterocycles. The molecule has 0 saturated carbocycles. The van der Waals surface area contributed by atoms with Crippen LogP contribution in [0.5, 0.6) is 0 Å². The van der Waals surface area contributed by atoms with Crippen molar-refractivity contribution in [3.63, 3.8) is 0 Å². The van der Waals surface area contributed by atoms with Crippen molar-refractivity contribution in [3.8, 4) is 0 Å². The van der Waals surface area contributed by atoms with Gasteiger partial charge in [0.25, 0.3) is 0 Å². The Bertz CT molecular complexity index is 1090. The Morgan fingerprint density at radius 2 is 1.78 bits per heavy atom. The number of piperidine rings is 1. The van der Waals surface area contributed by atoms with Gasteiger partial charge in [0.05, 0.1) is 11.4 Å². The van der Waals surface area contributed by atoms with Gasteiger partial charge in [0.15, 0.2) is 5.65 Å². The van der Waals surface area contributed by atoms with Crippen LogP contribution in [0.2, 0.25) is 5.02 Å². The molecule has 8 nitrogen and oxygen atoms in total. The lowest BCUT2D eigenvalue weighted by Crippen LogP contribution is -2.42. The number of fused-ring (bicyclic) bond motifs is 1. The number of imidazole rings is 1. The zero-order chi connectivity index (χ0) is 22.1. The van der Waals surface area contributed by atoms with Gasteiger partial charge in [0.2, 0.25) is 5.91 Å². The summed E-state index contributed by atoms with van der Waals surface area (Å²) in [5, 5.41) is 3.49. The fourth-order valence-electron chi connectivity index (χ4n) is 4.57. The average molecular weight is 453 g/mol. The van der Waals surface area contributed by atoms with E-state index in [4.69, 9.17) is 11.6 Å². The minimum atomic E-state index is -0.181. The first-order chi connectivity index (χ1) is 15.6. The molecule has 166 valence electrons. The summed E-state index contributed by atoms with van der Waals surface area (Å²) in [4.78, 5) is 41.6. The van der Waals surface area contributed by atoms with E-state index in [0.717, 1.165) is 29.8 Å². The molecule has 2 aromatic heterocycles. The summed E-state index contributed by atoms with van der Waals surface area (Å²) in [6.07, 6.45) is 4.19. The second-order valence-corrected chi connectivity index (χ2v) is 8.90. The van der Waals surface area contributed by atoms with Gasteiger partial charge >= 0.3 is 6.03 Å². The van der Waals surface area contributed by atoms with Gasteiger partial charge in [0.1, 0.15) is 5.82 Å². The summed E-state index contributed by atoms with van der Waals surface area (Å²) >= 11 is 5.89. The molecular formula is C23H25ClN6O2. The average Bonchev–Trinajstić information content (AvgIpc) is 3.48. The van der Waals surface area contributed by atoms with E-state index in [0.29, 0.717) is 49.2 Å². The monoisotopic (exact) mass is 452 g/mol. The minimum absolute atomic E-state index is 0.141. The third kappa shape index (κ3) is 4.27. The number of carbonyl (C=O) groups excluding carboxylic acids is 2. The molecule has 32 heavy (non-hydrogen) atoms. The first kappa shape index (κ1) is 20.8. The Hall–Kier alpha value is -3.13. The standard InChI is InChI=1S/C23H25ClN6O2/c24-17-3-5-18(6-4-17)26-23(32)30-13-9-16(14-30)22(31)29-11-7-15(8-12-29)20-27-19-2-1-10-25-21(19)28-20/h1-6,10,15-16H,7-9,11-14H2,(H,26,32)(H,25,27,28). The van der Waals surface area contributed by atoms with E-state index in [1.807, 2.05) is 17.0 Å². The van der Waals surface area contributed by atoms with Crippen LogP contribution in [-0.4, -0.2) is 62.9 Å². The van der Waals surface area contributed by atoms with Crippen molar-refractivity contribution in [2.24, 2.45) is 5.92 Å². The fraction of sp³-hybridized carbons (Fsp3) is 0.391. The molecule has 2 aliphatic heterocycles. The number of nitrogens with zero attached hydrogens (tertiary/aromatic N) is 4. The Morgan fingerprint density at radius 1 is 1.03 bits per heavy atom. The number of anilines is 1. The molecule has 2 N–H and O–H groups in total. The molecule has 4 heterocycles. The summed E-state index contributed by atoms with van der Waals surface area (Å²) in [5.74, 6) is 1.27. The number of urea groups is 1. The van der Waals surface area contributed by atoms with Gasteiger partial charge in [0, 0.05) is 49.0 Å². The molecule has 3 amide bonds. The third-order valence-corrected chi connectivity index (χ3v) is 6.64. The number of pyridine rings is 1. The van der Waals surface area contributed by atoms with Gasteiger partial charge in [-0.05, 0) is 55.7 Å². The quantitative estimate of drug-likeness (QED) is 0.630. The van der Waals surface area contributed by atoms with Gasteiger partial charge in [-0.3, -0.25) is 4.79 Å². The van der Waals surface area contributed by atoms with Crippen molar-refractivity contribution < 1.29 is 9.59 Å². The number of benzene rings is 1. The summed E-state index contributed by atoms with van der Waals surface area (Å²) in [6.45, 7) is 2.45. The van der Waals surface area contributed by atoms with Crippen LogP contribution in [0.25, 0.3) is 11.2 Å². The molecule has 2 aliphatic rings. The number of likely N-dealkylation sites (tertiary alicyclic amines) is 2. The topological polar surface area (TPSA) is 94.2 Å². The Kier molecular flexibility index (Phi) is 5.70. The molecule has 0 aliphatic carbocycles. The van der Waals surface area contributed by atoms with Crippen LogP contribution in [0.4, 0.5) is 10.5 Å². The van der Waals surface area contributed by atoms with E-state index in [2.05, 4.69) is 20.3 Å². The Labute approximate surface area is 191 Å². The van der Waals surface area contributed by atoms with E-state index < -0.39 is 0 Å². The predicted octanol–water partition coefficient (Wildman–Crippen LogP) is 3.87. The van der Waals surface area contributed by atoms with Crippen molar-refractivity contribution >= 4 is 40.4 Å². The SMILES string of the molecule is O=C(Nc1ccc(Cl)cc1)N1CCC(C(=O)N2CCC(c3nc4ncccc4[nH]3)CC2)C1. The first-order valence-electron chi connectivity index (χ1n) is 11.0. The number of hydrogen-bond donors (Lipinski definition) is 2. The highest BCUT2D eigenvalue weighted by Gasteiger charge is 2.35. The molecule has 1 aromatic carbocycles. The summed E-state index contributed by atoms with van der Waals surface area (Å²) < 4.78 is 0. The lowest BCUT2D eigenvalue weighted by atomic mass is 9.95. The second kappa shape index (κ2) is 8.78. The zero-order valence-electron chi connectivity index (χ0n) is 17.6. The lowest BCUT2D eigenvalue weighted by molar-refractivity contribution is -0.136. The van der Waals surface area contributed by atoms with E-state index in [-0.39, 0.29) is 17.9 Å². The molecule has 5 rings (SSSR count). The molecule has 2 fully saturated rings. The number of aromatic nitrogens is 3. The fourth-order valence-corrected chi connectivity index (χ4v) is 4.70. The van der Waals surface area contributed by atoms with E-state index in [1.165, 1.54) is 0 Å². The van der Waals surface area contributed by atoms with Crippen LogP contribution < -0.4 is 5.32 Å². The third-order valence-electron chi connectivity index (χ3n) is 6.39. The van der Waals surface area contributed by atoms with Gasteiger partial charge in [-0.15, -0.1) is 0 Å². The van der Waals surface area contributed by atoms with Crippen LogP contribution in [0.1, 0.15) is 31.0 Å². The van der Waals surface area contributed by atoms with Crippen LogP contribution in [0, 0.1) is 5.92 Å². The summed E-state index contributed by atoms with van der Waals surface area (Å²) in [5.41, 5.74) is 2.38. The van der Waals surface area contributed by atoms with Gasteiger partial charge in [-0.25, -0.2) is 14.8 Å². The number of aromatic amines is 1. The number of halogens is 1.